The van der Waals surface area contributed by atoms with Crippen molar-refractivity contribution in [2.45, 2.75) is 18.6 Å². The van der Waals surface area contributed by atoms with Crippen LogP contribution in [0.2, 0.25) is 0 Å². The first-order valence-electron chi connectivity index (χ1n) is 6.66. The Hall–Kier alpha value is -1.48. The summed E-state index contributed by atoms with van der Waals surface area (Å²) in [5, 5.41) is 2.63. The van der Waals surface area contributed by atoms with Crippen molar-refractivity contribution in [2.75, 3.05) is 17.8 Å². The maximum atomic E-state index is 12.9. The molecule has 0 aliphatic carbocycles. The van der Waals surface area contributed by atoms with Gasteiger partial charge in [0.25, 0.3) is 0 Å². The number of thioether (sulfide) groups is 2. The molecule has 1 unspecified atom stereocenters. The first-order chi connectivity index (χ1) is 10.8. The van der Waals surface area contributed by atoms with E-state index in [1.165, 1.54) is 29.6 Å². The minimum Gasteiger partial charge on any atom is -0.450 e. The van der Waals surface area contributed by atoms with Crippen molar-refractivity contribution in [3.63, 3.8) is 0 Å². The Balaban J connectivity index is 2.26. The number of alkyl carbamates (subject to hydrolysis) is 1. The zero-order valence-electron chi connectivity index (χ0n) is 12.4. The molecule has 0 radical (unpaired) electrons. The predicted molar refractivity (Wildman–Crippen MR) is 87.1 cm³/mol. The first kappa shape index (κ1) is 17.9. The molecule has 0 saturated carbocycles. The normalized spacial score (nSPS) is 17.9. The van der Waals surface area contributed by atoms with Crippen molar-refractivity contribution < 1.29 is 22.7 Å². The van der Waals surface area contributed by atoms with Gasteiger partial charge in [-0.15, -0.1) is 11.8 Å². The van der Waals surface area contributed by atoms with Crippen LogP contribution in [0, 0.1) is 0 Å². The van der Waals surface area contributed by atoms with E-state index in [4.69, 9.17) is 4.74 Å². The highest BCUT2D eigenvalue weighted by Crippen LogP contribution is 2.41. The lowest BCUT2D eigenvalue weighted by Gasteiger charge is -2.25. The third-order valence-corrected chi connectivity index (χ3v) is 5.12. The van der Waals surface area contributed by atoms with Crippen LogP contribution in [0.3, 0.4) is 0 Å². The highest BCUT2D eigenvalue weighted by Gasteiger charge is 2.33. The van der Waals surface area contributed by atoms with Gasteiger partial charge in [0, 0.05) is 11.9 Å². The largest absolute Gasteiger partial charge is 0.450 e. The third kappa shape index (κ3) is 4.51. The summed E-state index contributed by atoms with van der Waals surface area (Å²) in [7, 11) is 0. The number of ether oxygens (including phenoxy) is 1. The molecule has 2 rings (SSSR count). The van der Waals surface area contributed by atoms with Crippen LogP contribution in [0.15, 0.2) is 34.7 Å². The van der Waals surface area contributed by atoms with Crippen LogP contribution in [0.25, 0.3) is 0 Å². The lowest BCUT2D eigenvalue weighted by Crippen LogP contribution is -2.42. The van der Waals surface area contributed by atoms with Crippen LogP contribution in [0.4, 0.5) is 23.7 Å². The van der Waals surface area contributed by atoms with Gasteiger partial charge in [0.2, 0.25) is 0 Å². The quantitative estimate of drug-likeness (QED) is 0.855. The van der Waals surface area contributed by atoms with E-state index >= 15 is 0 Å². The average molecular weight is 364 g/mol. The standard InChI is InChI=1S/C14H15F3N2O2S2/c1-3-21-13(20)18-12-19(8-11(22-2)23-12)10-6-4-5-9(7-10)14(15,16)17/h4-8,12H,3H2,1-2H3,(H,18,20). The van der Waals surface area contributed by atoms with Gasteiger partial charge in [-0.05, 0) is 31.4 Å². The number of carbonyl (C=O) groups excluding carboxylic acids is 1. The van der Waals surface area contributed by atoms with Crippen LogP contribution < -0.4 is 10.2 Å². The molecule has 0 aromatic heterocycles. The molecular formula is C14H15F3N2O2S2. The second kappa shape index (κ2) is 7.39. The summed E-state index contributed by atoms with van der Waals surface area (Å²) >= 11 is 2.79. The van der Waals surface area contributed by atoms with Gasteiger partial charge in [-0.3, -0.25) is 5.32 Å². The van der Waals surface area contributed by atoms with Crippen molar-refractivity contribution in [1.82, 2.24) is 5.32 Å². The number of carbonyl (C=O) groups is 1. The van der Waals surface area contributed by atoms with Crippen LogP contribution in [-0.2, 0) is 10.9 Å². The summed E-state index contributed by atoms with van der Waals surface area (Å²) in [6.45, 7) is 1.90. The molecule has 1 aromatic rings. The Morgan fingerprint density at radius 3 is 2.83 bits per heavy atom. The minimum atomic E-state index is -4.42. The fourth-order valence-corrected chi connectivity index (χ4v) is 3.63. The molecule has 1 N–H and O–H groups in total. The van der Waals surface area contributed by atoms with Crippen LogP contribution in [-0.4, -0.2) is 24.5 Å². The Kier molecular flexibility index (Phi) is 5.74. The Morgan fingerprint density at radius 2 is 2.22 bits per heavy atom. The molecule has 126 valence electrons. The monoisotopic (exact) mass is 364 g/mol. The molecule has 0 fully saturated rings. The number of hydrogen-bond acceptors (Lipinski definition) is 5. The zero-order valence-corrected chi connectivity index (χ0v) is 14.0. The summed E-state index contributed by atoms with van der Waals surface area (Å²) in [6.07, 6.45) is -1.46. The molecular weight excluding hydrogens is 349 g/mol. The summed E-state index contributed by atoms with van der Waals surface area (Å²) in [6, 6.07) is 4.98. The van der Waals surface area contributed by atoms with E-state index < -0.39 is 23.3 Å². The Morgan fingerprint density at radius 1 is 1.48 bits per heavy atom. The van der Waals surface area contributed by atoms with E-state index in [1.54, 1.807) is 24.1 Å². The van der Waals surface area contributed by atoms with Crippen molar-refractivity contribution in [2.24, 2.45) is 0 Å². The third-order valence-electron chi connectivity index (χ3n) is 2.91. The molecule has 1 aliphatic rings. The number of nitrogens with zero attached hydrogens (tertiary/aromatic N) is 1. The number of benzene rings is 1. The highest BCUT2D eigenvalue weighted by atomic mass is 32.2. The summed E-state index contributed by atoms with van der Waals surface area (Å²) in [5.41, 5.74) is -0.945. The van der Waals surface area contributed by atoms with Crippen molar-refractivity contribution in [3.05, 3.63) is 40.3 Å². The zero-order chi connectivity index (χ0) is 17.0. The number of alkyl halides is 3. The van der Waals surface area contributed by atoms with Gasteiger partial charge < -0.3 is 9.64 Å². The topological polar surface area (TPSA) is 41.6 Å². The smallest absolute Gasteiger partial charge is 0.416 e. The fraction of sp³-hybridized carbons (Fsp3) is 0.357. The minimum absolute atomic E-state index is 0.218. The fourth-order valence-electron chi connectivity index (χ4n) is 1.90. The number of hydrogen-bond donors (Lipinski definition) is 1. The Labute approximate surface area is 140 Å². The average Bonchev–Trinajstić information content (AvgIpc) is 2.89. The molecule has 1 atom stereocenters. The maximum Gasteiger partial charge on any atom is 0.416 e. The molecule has 23 heavy (non-hydrogen) atoms. The van der Waals surface area contributed by atoms with Crippen LogP contribution in [0.1, 0.15) is 12.5 Å². The summed E-state index contributed by atoms with van der Waals surface area (Å²) in [4.78, 5) is 13.2. The van der Waals surface area contributed by atoms with E-state index in [1.807, 2.05) is 6.26 Å². The Bertz CT molecular complexity index is 608. The molecule has 1 aromatic carbocycles. The predicted octanol–water partition coefficient (Wildman–Crippen LogP) is 4.45. The first-order valence-corrected chi connectivity index (χ1v) is 8.77. The number of anilines is 1. The SMILES string of the molecule is CCOC(=O)NC1SC(SC)=CN1c1cccc(C(F)(F)F)c1. The van der Waals surface area contributed by atoms with Gasteiger partial charge in [-0.2, -0.15) is 13.2 Å². The van der Waals surface area contributed by atoms with Gasteiger partial charge in [0.15, 0.2) is 5.50 Å². The van der Waals surface area contributed by atoms with Crippen molar-refractivity contribution in [1.29, 1.82) is 0 Å². The molecule has 0 bridgehead atoms. The van der Waals surface area contributed by atoms with E-state index in [-0.39, 0.29) is 6.61 Å². The van der Waals surface area contributed by atoms with Gasteiger partial charge in [-0.1, -0.05) is 17.8 Å². The summed E-state index contributed by atoms with van der Waals surface area (Å²) in [5.74, 6) is 0. The second-order valence-corrected chi connectivity index (χ2v) is 6.67. The molecule has 1 amide bonds. The molecule has 0 spiro atoms. The van der Waals surface area contributed by atoms with E-state index in [0.717, 1.165) is 16.4 Å². The van der Waals surface area contributed by atoms with Crippen molar-refractivity contribution >= 4 is 35.3 Å². The van der Waals surface area contributed by atoms with Crippen LogP contribution in [0.5, 0.6) is 0 Å². The molecule has 1 heterocycles. The van der Waals surface area contributed by atoms with Crippen molar-refractivity contribution in [3.8, 4) is 0 Å². The second-order valence-electron chi connectivity index (χ2n) is 4.44. The van der Waals surface area contributed by atoms with Gasteiger partial charge >= 0.3 is 12.3 Å². The number of halogens is 3. The van der Waals surface area contributed by atoms with Gasteiger partial charge in [0.05, 0.1) is 16.4 Å². The molecule has 0 saturated heterocycles. The highest BCUT2D eigenvalue weighted by molar-refractivity contribution is 8.22. The number of rotatable bonds is 4. The van der Waals surface area contributed by atoms with E-state index in [2.05, 4.69) is 5.32 Å². The summed E-state index contributed by atoms with van der Waals surface area (Å²) < 4.78 is 44.3. The van der Waals surface area contributed by atoms with Crippen LogP contribution >= 0.6 is 23.5 Å². The number of amides is 1. The van der Waals surface area contributed by atoms with E-state index in [9.17, 15) is 18.0 Å². The lowest BCUT2D eigenvalue weighted by molar-refractivity contribution is -0.137. The molecule has 9 heteroatoms. The number of nitrogens with one attached hydrogen (secondary N) is 1. The van der Waals surface area contributed by atoms with E-state index in [0.29, 0.717) is 5.69 Å². The molecule has 1 aliphatic heterocycles. The maximum absolute atomic E-state index is 12.9. The molecule has 4 nitrogen and oxygen atoms in total. The van der Waals surface area contributed by atoms with Gasteiger partial charge in [0.1, 0.15) is 0 Å². The lowest BCUT2D eigenvalue weighted by atomic mass is 10.2. The van der Waals surface area contributed by atoms with Gasteiger partial charge in [-0.25, -0.2) is 4.79 Å².